The molecular formula is C16H18N2O2. The summed E-state index contributed by atoms with van der Waals surface area (Å²) < 4.78 is 0. The third-order valence-corrected chi connectivity index (χ3v) is 3.62. The first-order valence-electron chi connectivity index (χ1n) is 6.81. The van der Waals surface area contributed by atoms with Gasteiger partial charge in [0.15, 0.2) is 0 Å². The summed E-state index contributed by atoms with van der Waals surface area (Å²) in [5.74, 6) is 0.319. The fourth-order valence-corrected chi connectivity index (χ4v) is 2.32. The largest absolute Gasteiger partial charge is 0.396 e. The standard InChI is InChI=1S/C16H18N2O2/c17-11-15-3-1-2-13(10-15)4-5-16(20)18-8-6-14(12-19)7-9-18/h1-5,10,14,19H,6-9,12H2/b5-4+. The first-order chi connectivity index (χ1) is 9.72. The van der Waals surface area contributed by atoms with Crippen LogP contribution in [0.2, 0.25) is 0 Å². The van der Waals surface area contributed by atoms with Gasteiger partial charge in [-0.15, -0.1) is 0 Å². The zero-order valence-corrected chi connectivity index (χ0v) is 11.3. The summed E-state index contributed by atoms with van der Waals surface area (Å²) in [6, 6.07) is 9.23. The first kappa shape index (κ1) is 14.3. The molecule has 4 heteroatoms. The molecule has 0 unspecified atom stereocenters. The molecule has 1 amide bonds. The highest BCUT2D eigenvalue weighted by atomic mass is 16.3. The lowest BCUT2D eigenvalue weighted by atomic mass is 9.98. The number of rotatable bonds is 3. The van der Waals surface area contributed by atoms with E-state index >= 15 is 0 Å². The molecule has 0 spiro atoms. The van der Waals surface area contributed by atoms with Crippen molar-refractivity contribution < 1.29 is 9.90 Å². The number of aliphatic hydroxyl groups is 1. The lowest BCUT2D eigenvalue weighted by molar-refractivity contribution is -0.127. The van der Waals surface area contributed by atoms with E-state index in [1.54, 1.807) is 35.3 Å². The second-order valence-corrected chi connectivity index (χ2v) is 5.02. The van der Waals surface area contributed by atoms with Crippen LogP contribution in [0.4, 0.5) is 0 Å². The van der Waals surface area contributed by atoms with Gasteiger partial charge in [0.2, 0.25) is 5.91 Å². The Bertz CT molecular complexity index is 538. The van der Waals surface area contributed by atoms with E-state index in [0.717, 1.165) is 18.4 Å². The molecule has 0 aromatic heterocycles. The van der Waals surface area contributed by atoms with Crippen LogP contribution in [0.1, 0.15) is 24.0 Å². The number of piperidine rings is 1. The summed E-state index contributed by atoms with van der Waals surface area (Å²) in [6.07, 6.45) is 5.01. The molecule has 1 aromatic rings. The van der Waals surface area contributed by atoms with E-state index in [-0.39, 0.29) is 12.5 Å². The molecule has 20 heavy (non-hydrogen) atoms. The lowest BCUT2D eigenvalue weighted by Gasteiger charge is -2.30. The maximum atomic E-state index is 12.0. The Hall–Kier alpha value is -2.12. The van der Waals surface area contributed by atoms with Gasteiger partial charge in [0.25, 0.3) is 0 Å². The Morgan fingerprint density at radius 3 is 2.85 bits per heavy atom. The zero-order chi connectivity index (χ0) is 14.4. The van der Waals surface area contributed by atoms with Crippen LogP contribution in [0.25, 0.3) is 6.08 Å². The molecule has 0 aliphatic carbocycles. The Labute approximate surface area is 118 Å². The molecule has 0 radical (unpaired) electrons. The lowest BCUT2D eigenvalue weighted by Crippen LogP contribution is -2.38. The Morgan fingerprint density at radius 1 is 1.45 bits per heavy atom. The highest BCUT2D eigenvalue weighted by molar-refractivity contribution is 5.91. The van der Waals surface area contributed by atoms with Crippen molar-refractivity contribution in [2.24, 2.45) is 5.92 Å². The van der Waals surface area contributed by atoms with Crippen LogP contribution in [0.5, 0.6) is 0 Å². The highest BCUT2D eigenvalue weighted by Crippen LogP contribution is 2.16. The highest BCUT2D eigenvalue weighted by Gasteiger charge is 2.20. The minimum absolute atomic E-state index is 0.0104. The number of nitrogens with zero attached hydrogens (tertiary/aromatic N) is 2. The minimum Gasteiger partial charge on any atom is -0.396 e. The molecule has 0 bridgehead atoms. The molecule has 1 aliphatic rings. The first-order valence-corrected chi connectivity index (χ1v) is 6.81. The molecule has 104 valence electrons. The third kappa shape index (κ3) is 3.69. The molecule has 1 aromatic carbocycles. The number of amides is 1. The second-order valence-electron chi connectivity index (χ2n) is 5.02. The van der Waals surface area contributed by atoms with Gasteiger partial charge in [-0.1, -0.05) is 12.1 Å². The van der Waals surface area contributed by atoms with Crippen LogP contribution >= 0.6 is 0 Å². The number of carbonyl (C=O) groups is 1. The number of nitriles is 1. The van der Waals surface area contributed by atoms with Gasteiger partial charge in [-0.3, -0.25) is 4.79 Å². The fraction of sp³-hybridized carbons (Fsp3) is 0.375. The SMILES string of the molecule is N#Cc1cccc(/C=C/C(=O)N2CCC(CO)CC2)c1. The smallest absolute Gasteiger partial charge is 0.246 e. The third-order valence-electron chi connectivity index (χ3n) is 3.62. The van der Waals surface area contributed by atoms with E-state index < -0.39 is 0 Å². The summed E-state index contributed by atoms with van der Waals surface area (Å²) in [6.45, 7) is 1.61. The maximum Gasteiger partial charge on any atom is 0.246 e. The van der Waals surface area contributed by atoms with E-state index in [4.69, 9.17) is 10.4 Å². The summed E-state index contributed by atoms with van der Waals surface area (Å²) in [5, 5.41) is 17.9. The number of carbonyl (C=O) groups excluding carboxylic acids is 1. The maximum absolute atomic E-state index is 12.0. The van der Waals surface area contributed by atoms with Crippen LogP contribution in [-0.2, 0) is 4.79 Å². The number of benzene rings is 1. The number of likely N-dealkylation sites (tertiary alicyclic amines) is 1. The van der Waals surface area contributed by atoms with Crippen LogP contribution in [0.15, 0.2) is 30.3 Å². The van der Waals surface area contributed by atoms with Crippen LogP contribution in [-0.4, -0.2) is 35.6 Å². The van der Waals surface area contributed by atoms with Crippen molar-refractivity contribution in [1.82, 2.24) is 4.90 Å². The Kier molecular flexibility index (Phi) is 4.91. The van der Waals surface area contributed by atoms with Crippen molar-refractivity contribution in [1.29, 1.82) is 5.26 Å². The molecule has 1 aliphatic heterocycles. The van der Waals surface area contributed by atoms with Crippen molar-refractivity contribution >= 4 is 12.0 Å². The van der Waals surface area contributed by atoms with Crippen molar-refractivity contribution in [3.63, 3.8) is 0 Å². The molecule has 0 atom stereocenters. The van der Waals surface area contributed by atoms with Gasteiger partial charge in [-0.25, -0.2) is 0 Å². The average Bonchev–Trinajstić information content (AvgIpc) is 2.53. The molecule has 1 heterocycles. The van der Waals surface area contributed by atoms with Crippen LogP contribution in [0.3, 0.4) is 0 Å². The van der Waals surface area contributed by atoms with Gasteiger partial charge in [-0.05, 0) is 42.5 Å². The summed E-state index contributed by atoms with van der Waals surface area (Å²) >= 11 is 0. The minimum atomic E-state index is -0.0104. The van der Waals surface area contributed by atoms with E-state index in [0.29, 0.717) is 24.6 Å². The number of aliphatic hydroxyl groups excluding tert-OH is 1. The van der Waals surface area contributed by atoms with Crippen molar-refractivity contribution in [3.8, 4) is 6.07 Å². The summed E-state index contributed by atoms with van der Waals surface area (Å²) in [7, 11) is 0. The second kappa shape index (κ2) is 6.88. The van der Waals surface area contributed by atoms with Gasteiger partial charge >= 0.3 is 0 Å². The van der Waals surface area contributed by atoms with Gasteiger partial charge < -0.3 is 10.0 Å². The Balaban J connectivity index is 1.94. The van der Waals surface area contributed by atoms with Crippen molar-refractivity contribution in [2.75, 3.05) is 19.7 Å². The van der Waals surface area contributed by atoms with Gasteiger partial charge in [0.05, 0.1) is 11.6 Å². The molecule has 0 saturated carbocycles. The normalized spacial score (nSPS) is 16.3. The average molecular weight is 270 g/mol. The van der Waals surface area contributed by atoms with E-state index in [9.17, 15) is 4.79 Å². The van der Waals surface area contributed by atoms with E-state index in [1.807, 2.05) is 6.07 Å². The summed E-state index contributed by atoms with van der Waals surface area (Å²) in [5.41, 5.74) is 1.44. The fourth-order valence-electron chi connectivity index (χ4n) is 2.32. The zero-order valence-electron chi connectivity index (χ0n) is 11.3. The summed E-state index contributed by atoms with van der Waals surface area (Å²) in [4.78, 5) is 13.8. The molecule has 1 saturated heterocycles. The van der Waals surface area contributed by atoms with E-state index in [1.165, 1.54) is 0 Å². The van der Waals surface area contributed by atoms with E-state index in [2.05, 4.69) is 6.07 Å². The van der Waals surface area contributed by atoms with Crippen molar-refractivity contribution in [3.05, 3.63) is 41.5 Å². The topological polar surface area (TPSA) is 64.3 Å². The van der Waals surface area contributed by atoms with Crippen LogP contribution in [0, 0.1) is 17.2 Å². The quantitative estimate of drug-likeness (QED) is 0.852. The number of hydrogen-bond donors (Lipinski definition) is 1. The predicted octanol–water partition coefficient (Wildman–Crippen LogP) is 1.80. The van der Waals surface area contributed by atoms with Crippen LogP contribution < -0.4 is 0 Å². The van der Waals surface area contributed by atoms with Gasteiger partial charge in [0, 0.05) is 25.8 Å². The molecule has 1 fully saturated rings. The molecule has 2 rings (SSSR count). The predicted molar refractivity (Wildman–Crippen MR) is 76.6 cm³/mol. The molecule has 4 nitrogen and oxygen atoms in total. The van der Waals surface area contributed by atoms with Gasteiger partial charge in [-0.2, -0.15) is 5.26 Å². The number of hydrogen-bond acceptors (Lipinski definition) is 3. The van der Waals surface area contributed by atoms with Crippen molar-refractivity contribution in [2.45, 2.75) is 12.8 Å². The van der Waals surface area contributed by atoms with Gasteiger partial charge in [0.1, 0.15) is 0 Å². The Morgan fingerprint density at radius 2 is 2.20 bits per heavy atom. The molecular weight excluding hydrogens is 252 g/mol. The monoisotopic (exact) mass is 270 g/mol. The molecule has 1 N–H and O–H groups in total.